The first-order valence-corrected chi connectivity index (χ1v) is 10.6. The first-order valence-electron chi connectivity index (χ1n) is 10.2. The predicted molar refractivity (Wildman–Crippen MR) is 110 cm³/mol. The number of hydrogen-bond donors (Lipinski definition) is 2. The molecule has 1 heterocycles. The smallest absolute Gasteiger partial charge is 0.242 e. The molecule has 1 aromatic rings. The molecular weight excluding hydrogens is 362 g/mol. The number of nitrogens with one attached hydrogen (secondary N) is 2. The van der Waals surface area contributed by atoms with Gasteiger partial charge in [0, 0.05) is 24.7 Å². The number of halogens is 1. The van der Waals surface area contributed by atoms with Gasteiger partial charge in [0.2, 0.25) is 11.8 Å². The normalized spacial score (nSPS) is 22.1. The van der Waals surface area contributed by atoms with E-state index in [1.807, 2.05) is 6.92 Å². The number of piperidine rings is 1. The maximum Gasteiger partial charge on any atom is 0.242 e. The summed E-state index contributed by atoms with van der Waals surface area (Å²) >= 11 is 6.27. The van der Waals surface area contributed by atoms with Crippen LogP contribution in [0.4, 0.5) is 11.4 Å². The lowest BCUT2D eigenvalue weighted by Crippen LogP contribution is -2.51. The predicted octanol–water partition coefficient (Wildman–Crippen LogP) is 4.67. The molecule has 1 aromatic carbocycles. The number of anilines is 2. The van der Waals surface area contributed by atoms with Gasteiger partial charge in [-0.25, -0.2) is 0 Å². The summed E-state index contributed by atoms with van der Waals surface area (Å²) in [6.45, 7) is 3.06. The van der Waals surface area contributed by atoms with Crippen LogP contribution in [-0.2, 0) is 9.59 Å². The Kier molecular flexibility index (Phi) is 7.00. The van der Waals surface area contributed by atoms with Crippen molar-refractivity contribution in [1.29, 1.82) is 0 Å². The van der Waals surface area contributed by atoms with Crippen molar-refractivity contribution >= 4 is 34.8 Å². The third-order valence-electron chi connectivity index (χ3n) is 5.72. The minimum Gasteiger partial charge on any atom is -0.375 e. The molecule has 2 unspecified atom stereocenters. The summed E-state index contributed by atoms with van der Waals surface area (Å²) in [4.78, 5) is 26.7. The van der Waals surface area contributed by atoms with E-state index in [1.165, 1.54) is 25.7 Å². The van der Waals surface area contributed by atoms with Gasteiger partial charge in [0.15, 0.2) is 0 Å². The van der Waals surface area contributed by atoms with Gasteiger partial charge in [-0.05, 0) is 56.2 Å². The highest BCUT2D eigenvalue weighted by Crippen LogP contribution is 2.35. The molecule has 1 aliphatic heterocycles. The quantitative estimate of drug-likeness (QED) is 0.740. The second-order valence-electron chi connectivity index (χ2n) is 7.69. The molecule has 1 aliphatic carbocycles. The first-order chi connectivity index (χ1) is 13.1. The Bertz CT molecular complexity index is 677. The van der Waals surface area contributed by atoms with E-state index in [4.69, 9.17) is 11.6 Å². The Hall–Kier alpha value is -1.75. The van der Waals surface area contributed by atoms with Crippen LogP contribution in [0, 0.1) is 5.92 Å². The van der Waals surface area contributed by atoms with Crippen LogP contribution < -0.4 is 10.6 Å². The molecule has 27 heavy (non-hydrogen) atoms. The highest BCUT2D eigenvalue weighted by Gasteiger charge is 2.35. The van der Waals surface area contributed by atoms with E-state index in [1.54, 1.807) is 18.2 Å². The number of nitrogens with zero attached hydrogens (tertiary/aromatic N) is 1. The molecule has 2 aliphatic rings. The molecular formula is C21H30ClN3O2. The van der Waals surface area contributed by atoms with Gasteiger partial charge in [-0.1, -0.05) is 31.4 Å². The molecule has 2 atom stereocenters. The fraction of sp³-hybridized carbons (Fsp3) is 0.619. The van der Waals surface area contributed by atoms with Crippen LogP contribution >= 0.6 is 11.6 Å². The van der Waals surface area contributed by atoms with Crippen molar-refractivity contribution in [3.63, 3.8) is 0 Å². The van der Waals surface area contributed by atoms with Gasteiger partial charge in [0.05, 0.1) is 17.3 Å². The van der Waals surface area contributed by atoms with Crippen LogP contribution in [0.1, 0.15) is 58.3 Å². The van der Waals surface area contributed by atoms with Gasteiger partial charge in [-0.15, -0.1) is 0 Å². The largest absolute Gasteiger partial charge is 0.375 e. The van der Waals surface area contributed by atoms with Crippen LogP contribution in [0.2, 0.25) is 5.02 Å². The van der Waals surface area contributed by atoms with Crippen LogP contribution in [0.25, 0.3) is 0 Å². The lowest BCUT2D eigenvalue weighted by molar-refractivity contribution is -0.135. The lowest BCUT2D eigenvalue weighted by Gasteiger charge is -2.44. The zero-order chi connectivity index (χ0) is 19.2. The topological polar surface area (TPSA) is 61.4 Å². The van der Waals surface area contributed by atoms with Crippen molar-refractivity contribution in [2.75, 3.05) is 23.7 Å². The number of benzene rings is 1. The van der Waals surface area contributed by atoms with E-state index < -0.39 is 0 Å². The standard InChI is InChI=1S/C21H30ClN3O2/c1-2-6-20(26)24-16-10-11-17(22)18(13-16)23-14-21(27)25-12-5-8-15-7-3-4-9-19(15)25/h10-11,13,15,19,23H,2-9,12,14H2,1H3,(H,24,26). The molecule has 3 rings (SSSR count). The minimum absolute atomic E-state index is 0.0153. The Balaban J connectivity index is 1.60. The summed E-state index contributed by atoms with van der Waals surface area (Å²) in [5.74, 6) is 0.804. The van der Waals surface area contributed by atoms with Gasteiger partial charge in [-0.2, -0.15) is 0 Å². The van der Waals surface area contributed by atoms with Crippen LogP contribution in [0.15, 0.2) is 18.2 Å². The fourth-order valence-electron chi connectivity index (χ4n) is 4.40. The molecule has 1 saturated heterocycles. The van der Waals surface area contributed by atoms with E-state index in [0.29, 0.717) is 34.8 Å². The summed E-state index contributed by atoms with van der Waals surface area (Å²) in [6, 6.07) is 5.73. The van der Waals surface area contributed by atoms with Crippen molar-refractivity contribution in [1.82, 2.24) is 4.90 Å². The summed E-state index contributed by atoms with van der Waals surface area (Å²) in [7, 11) is 0. The zero-order valence-electron chi connectivity index (χ0n) is 16.1. The van der Waals surface area contributed by atoms with E-state index in [9.17, 15) is 9.59 Å². The highest BCUT2D eigenvalue weighted by molar-refractivity contribution is 6.33. The first kappa shape index (κ1) is 20.0. The third kappa shape index (κ3) is 5.16. The molecule has 2 amide bonds. The third-order valence-corrected chi connectivity index (χ3v) is 6.05. The molecule has 0 aromatic heterocycles. The molecule has 5 nitrogen and oxygen atoms in total. The van der Waals surface area contributed by atoms with Crippen molar-refractivity contribution in [2.45, 2.75) is 64.3 Å². The highest BCUT2D eigenvalue weighted by atomic mass is 35.5. The Morgan fingerprint density at radius 2 is 1.96 bits per heavy atom. The van der Waals surface area contributed by atoms with Gasteiger partial charge in [0.1, 0.15) is 0 Å². The number of amides is 2. The van der Waals surface area contributed by atoms with E-state index in [-0.39, 0.29) is 18.4 Å². The zero-order valence-corrected chi connectivity index (χ0v) is 16.9. The SMILES string of the molecule is CCCC(=O)Nc1ccc(Cl)c(NCC(=O)N2CCCC3CCCCC32)c1. The van der Waals surface area contributed by atoms with Crippen molar-refractivity contribution in [3.8, 4) is 0 Å². The maximum absolute atomic E-state index is 12.8. The van der Waals surface area contributed by atoms with Gasteiger partial charge < -0.3 is 15.5 Å². The molecule has 6 heteroatoms. The molecule has 0 spiro atoms. The van der Waals surface area contributed by atoms with E-state index in [2.05, 4.69) is 15.5 Å². The van der Waals surface area contributed by atoms with E-state index in [0.717, 1.165) is 25.8 Å². The van der Waals surface area contributed by atoms with Crippen molar-refractivity contribution in [3.05, 3.63) is 23.2 Å². The number of rotatable bonds is 6. The Morgan fingerprint density at radius 3 is 2.78 bits per heavy atom. The average molecular weight is 392 g/mol. The number of carbonyl (C=O) groups excluding carboxylic acids is 2. The maximum atomic E-state index is 12.8. The van der Waals surface area contributed by atoms with Crippen LogP contribution in [-0.4, -0.2) is 35.8 Å². The number of carbonyl (C=O) groups is 2. The monoisotopic (exact) mass is 391 g/mol. The molecule has 0 bridgehead atoms. The van der Waals surface area contributed by atoms with E-state index >= 15 is 0 Å². The Labute approximate surface area is 166 Å². The minimum atomic E-state index is -0.0153. The summed E-state index contributed by atoms with van der Waals surface area (Å²) in [6.07, 6.45) is 8.57. The molecule has 0 radical (unpaired) electrons. The number of likely N-dealkylation sites (tertiary alicyclic amines) is 1. The summed E-state index contributed by atoms with van der Waals surface area (Å²) < 4.78 is 0. The Morgan fingerprint density at radius 1 is 1.19 bits per heavy atom. The van der Waals surface area contributed by atoms with Crippen molar-refractivity contribution < 1.29 is 9.59 Å². The molecule has 2 fully saturated rings. The summed E-state index contributed by atoms with van der Waals surface area (Å²) in [5, 5.41) is 6.59. The fourth-order valence-corrected chi connectivity index (χ4v) is 4.58. The summed E-state index contributed by atoms with van der Waals surface area (Å²) in [5.41, 5.74) is 1.37. The number of fused-ring (bicyclic) bond motifs is 1. The molecule has 2 N–H and O–H groups in total. The molecule has 1 saturated carbocycles. The average Bonchev–Trinajstić information content (AvgIpc) is 2.68. The second kappa shape index (κ2) is 9.45. The molecule has 148 valence electrons. The second-order valence-corrected chi connectivity index (χ2v) is 8.09. The van der Waals surface area contributed by atoms with Gasteiger partial charge in [-0.3, -0.25) is 9.59 Å². The van der Waals surface area contributed by atoms with Crippen molar-refractivity contribution in [2.24, 2.45) is 5.92 Å². The number of hydrogen-bond acceptors (Lipinski definition) is 3. The lowest BCUT2D eigenvalue weighted by atomic mass is 9.78. The van der Waals surface area contributed by atoms with Crippen LogP contribution in [0.5, 0.6) is 0 Å². The van der Waals surface area contributed by atoms with Gasteiger partial charge in [0.25, 0.3) is 0 Å². The van der Waals surface area contributed by atoms with Gasteiger partial charge >= 0.3 is 0 Å². The van der Waals surface area contributed by atoms with Crippen LogP contribution in [0.3, 0.4) is 0 Å².